The molecule has 0 atom stereocenters. The van der Waals surface area contributed by atoms with E-state index in [-0.39, 0.29) is 6.04 Å². The van der Waals surface area contributed by atoms with Crippen LogP contribution in [0.5, 0.6) is 0 Å². The van der Waals surface area contributed by atoms with Gasteiger partial charge in [0.15, 0.2) is 0 Å². The number of halogens is 1. The van der Waals surface area contributed by atoms with Gasteiger partial charge in [0.25, 0.3) is 10.2 Å². The van der Waals surface area contributed by atoms with Crippen molar-refractivity contribution in [1.82, 2.24) is 14.3 Å². The molecule has 1 aromatic heterocycles. The van der Waals surface area contributed by atoms with Crippen LogP contribution in [0.25, 0.3) is 0 Å². The van der Waals surface area contributed by atoms with Crippen LogP contribution in [0.1, 0.15) is 12.8 Å². The van der Waals surface area contributed by atoms with Gasteiger partial charge in [-0.1, -0.05) is 11.6 Å². The molecule has 0 amide bonds. The number of anilines is 1. The molecule has 1 saturated heterocycles. The van der Waals surface area contributed by atoms with E-state index >= 15 is 0 Å². The van der Waals surface area contributed by atoms with Gasteiger partial charge in [-0.15, -0.1) is 0 Å². The Morgan fingerprint density at radius 1 is 1.33 bits per heavy atom. The van der Waals surface area contributed by atoms with Crippen molar-refractivity contribution < 1.29 is 8.42 Å². The second-order valence-electron chi connectivity index (χ2n) is 4.09. The third-order valence-corrected chi connectivity index (χ3v) is 4.05. The SMILES string of the molecule is NS(=O)(=O)N1CCC(Nc2ncc(Cl)cn2)CC1. The molecule has 1 fully saturated rings. The molecule has 0 aliphatic carbocycles. The Kier molecular flexibility index (Phi) is 4.00. The Hall–Kier alpha value is -0.960. The van der Waals surface area contributed by atoms with Gasteiger partial charge >= 0.3 is 0 Å². The molecule has 9 heteroatoms. The third kappa shape index (κ3) is 3.52. The Labute approximate surface area is 111 Å². The summed E-state index contributed by atoms with van der Waals surface area (Å²) in [5.41, 5.74) is 0. The van der Waals surface area contributed by atoms with Crippen molar-refractivity contribution >= 4 is 27.8 Å². The van der Waals surface area contributed by atoms with Crippen molar-refractivity contribution in [1.29, 1.82) is 0 Å². The number of hydrogen-bond acceptors (Lipinski definition) is 5. The molecule has 100 valence electrons. The van der Waals surface area contributed by atoms with Crippen LogP contribution in [-0.4, -0.2) is 41.8 Å². The molecule has 2 heterocycles. The highest BCUT2D eigenvalue weighted by Crippen LogP contribution is 2.15. The van der Waals surface area contributed by atoms with Gasteiger partial charge in [-0.05, 0) is 12.8 Å². The highest BCUT2D eigenvalue weighted by molar-refractivity contribution is 7.86. The maximum atomic E-state index is 11.1. The lowest BCUT2D eigenvalue weighted by atomic mass is 10.1. The van der Waals surface area contributed by atoms with Crippen LogP contribution in [-0.2, 0) is 10.2 Å². The first kappa shape index (κ1) is 13.5. The van der Waals surface area contributed by atoms with Gasteiger partial charge < -0.3 is 5.32 Å². The highest BCUT2D eigenvalue weighted by atomic mass is 35.5. The van der Waals surface area contributed by atoms with Crippen LogP contribution in [0.4, 0.5) is 5.95 Å². The summed E-state index contributed by atoms with van der Waals surface area (Å²) in [4.78, 5) is 8.06. The zero-order valence-corrected chi connectivity index (χ0v) is 11.2. The van der Waals surface area contributed by atoms with Crippen LogP contribution in [0, 0.1) is 0 Å². The summed E-state index contributed by atoms with van der Waals surface area (Å²) >= 11 is 5.68. The maximum Gasteiger partial charge on any atom is 0.276 e. The molecule has 3 N–H and O–H groups in total. The lowest BCUT2D eigenvalue weighted by molar-refractivity contribution is 0.329. The summed E-state index contributed by atoms with van der Waals surface area (Å²) in [6.07, 6.45) is 4.36. The lowest BCUT2D eigenvalue weighted by Crippen LogP contribution is -2.45. The van der Waals surface area contributed by atoms with E-state index in [1.54, 1.807) is 0 Å². The molecule has 0 unspecified atom stereocenters. The van der Waals surface area contributed by atoms with E-state index in [0.29, 0.717) is 36.9 Å². The largest absolute Gasteiger partial charge is 0.351 e. The minimum Gasteiger partial charge on any atom is -0.351 e. The fourth-order valence-corrected chi connectivity index (χ4v) is 2.64. The summed E-state index contributed by atoms with van der Waals surface area (Å²) in [5, 5.41) is 8.68. The number of aromatic nitrogens is 2. The Morgan fingerprint density at radius 2 is 1.89 bits per heavy atom. The molecule has 0 aromatic carbocycles. The number of nitrogens with two attached hydrogens (primary N) is 1. The van der Waals surface area contributed by atoms with Crippen LogP contribution in [0.2, 0.25) is 5.02 Å². The molecule has 1 aliphatic rings. The molecule has 7 nitrogen and oxygen atoms in total. The first-order valence-corrected chi connectivity index (χ1v) is 7.35. The molecular weight excluding hydrogens is 278 g/mol. The van der Waals surface area contributed by atoms with Crippen molar-refractivity contribution in [2.45, 2.75) is 18.9 Å². The second kappa shape index (κ2) is 5.35. The standard InChI is InChI=1S/C9H14ClN5O2S/c10-7-5-12-9(13-6-7)14-8-1-3-15(4-2-8)18(11,16)17/h5-6,8H,1-4H2,(H2,11,16,17)(H,12,13,14). The topological polar surface area (TPSA) is 101 Å². The van der Waals surface area contributed by atoms with E-state index in [0.717, 1.165) is 0 Å². The molecule has 0 saturated carbocycles. The summed E-state index contributed by atoms with van der Waals surface area (Å²) in [5.74, 6) is 0.494. The van der Waals surface area contributed by atoms with Crippen molar-refractivity contribution in [3.05, 3.63) is 17.4 Å². The fourth-order valence-electron chi connectivity index (χ4n) is 1.82. The number of nitrogens with zero attached hydrogens (tertiary/aromatic N) is 3. The summed E-state index contributed by atoms with van der Waals surface area (Å²) < 4.78 is 23.5. The number of nitrogens with one attached hydrogen (secondary N) is 1. The van der Waals surface area contributed by atoms with Gasteiger partial charge in [0, 0.05) is 19.1 Å². The zero-order chi connectivity index (χ0) is 13.2. The Morgan fingerprint density at radius 3 is 2.39 bits per heavy atom. The summed E-state index contributed by atoms with van der Waals surface area (Å²) in [7, 11) is -3.57. The molecular formula is C9H14ClN5O2S. The predicted octanol–water partition coefficient (Wildman–Crippen LogP) is 0.210. The molecule has 2 rings (SSSR count). The molecule has 1 aliphatic heterocycles. The number of piperidine rings is 1. The van der Waals surface area contributed by atoms with Gasteiger partial charge in [0.1, 0.15) is 0 Å². The lowest BCUT2D eigenvalue weighted by Gasteiger charge is -2.30. The second-order valence-corrected chi connectivity index (χ2v) is 6.07. The van der Waals surface area contributed by atoms with Crippen molar-refractivity contribution in [3.63, 3.8) is 0 Å². The fraction of sp³-hybridized carbons (Fsp3) is 0.556. The quantitative estimate of drug-likeness (QED) is 0.829. The van der Waals surface area contributed by atoms with Gasteiger partial charge in [-0.3, -0.25) is 0 Å². The summed E-state index contributed by atoms with van der Waals surface area (Å²) in [6, 6.07) is 0.143. The summed E-state index contributed by atoms with van der Waals surface area (Å²) in [6.45, 7) is 0.814. The van der Waals surface area contributed by atoms with Crippen LogP contribution >= 0.6 is 11.6 Å². The van der Waals surface area contributed by atoms with E-state index in [9.17, 15) is 8.42 Å². The van der Waals surface area contributed by atoms with E-state index in [4.69, 9.17) is 16.7 Å². The predicted molar refractivity (Wildman–Crippen MR) is 68.4 cm³/mol. The maximum absolute atomic E-state index is 11.1. The number of hydrogen-bond donors (Lipinski definition) is 2. The Bertz CT molecular complexity index is 498. The first-order valence-electron chi connectivity index (χ1n) is 5.47. The molecule has 1 aromatic rings. The van der Waals surface area contributed by atoms with Gasteiger partial charge in [0.05, 0.1) is 17.4 Å². The van der Waals surface area contributed by atoms with Gasteiger partial charge in [-0.2, -0.15) is 12.7 Å². The molecule has 0 radical (unpaired) electrons. The van der Waals surface area contributed by atoms with E-state index in [1.807, 2.05) is 0 Å². The van der Waals surface area contributed by atoms with Gasteiger partial charge in [-0.25, -0.2) is 15.1 Å². The number of rotatable bonds is 3. The van der Waals surface area contributed by atoms with Crippen LogP contribution in [0.3, 0.4) is 0 Å². The molecule has 0 bridgehead atoms. The van der Waals surface area contributed by atoms with E-state index in [2.05, 4.69) is 15.3 Å². The zero-order valence-electron chi connectivity index (χ0n) is 9.58. The normalized spacial score (nSPS) is 18.8. The van der Waals surface area contributed by atoms with Crippen molar-refractivity contribution in [2.75, 3.05) is 18.4 Å². The average molecular weight is 292 g/mol. The Balaban J connectivity index is 1.89. The minimum atomic E-state index is -3.57. The smallest absolute Gasteiger partial charge is 0.276 e. The van der Waals surface area contributed by atoms with Crippen molar-refractivity contribution in [3.8, 4) is 0 Å². The van der Waals surface area contributed by atoms with E-state index in [1.165, 1.54) is 16.7 Å². The van der Waals surface area contributed by atoms with Crippen LogP contribution in [0.15, 0.2) is 12.4 Å². The highest BCUT2D eigenvalue weighted by Gasteiger charge is 2.25. The minimum absolute atomic E-state index is 0.143. The average Bonchev–Trinajstić information content (AvgIpc) is 2.32. The molecule has 18 heavy (non-hydrogen) atoms. The molecule has 0 spiro atoms. The van der Waals surface area contributed by atoms with E-state index < -0.39 is 10.2 Å². The van der Waals surface area contributed by atoms with Crippen molar-refractivity contribution in [2.24, 2.45) is 5.14 Å². The first-order chi connectivity index (χ1) is 8.45. The monoisotopic (exact) mass is 291 g/mol. The van der Waals surface area contributed by atoms with Gasteiger partial charge in [0.2, 0.25) is 5.95 Å². The van der Waals surface area contributed by atoms with Crippen LogP contribution < -0.4 is 10.5 Å². The third-order valence-electron chi connectivity index (χ3n) is 2.77.